The van der Waals surface area contributed by atoms with Crippen LogP contribution in [0.1, 0.15) is 36.9 Å². The molecule has 5 nitrogen and oxygen atoms in total. The van der Waals surface area contributed by atoms with Crippen LogP contribution in [0.15, 0.2) is 28.7 Å². The van der Waals surface area contributed by atoms with Gasteiger partial charge in [0.05, 0.1) is 12.6 Å². The third-order valence-corrected chi connectivity index (χ3v) is 2.87. The van der Waals surface area contributed by atoms with Gasteiger partial charge in [0.25, 0.3) is 0 Å². The Bertz CT molecular complexity index is 492. The molecule has 0 spiro atoms. The molecule has 0 aliphatic heterocycles. The van der Waals surface area contributed by atoms with Crippen LogP contribution in [0.25, 0.3) is 0 Å². The molecular formula is C13H18N4O. The zero-order chi connectivity index (χ0) is 13.0. The maximum atomic E-state index is 5.41. The van der Waals surface area contributed by atoms with E-state index in [2.05, 4.69) is 46.7 Å². The highest BCUT2D eigenvalue weighted by Crippen LogP contribution is 2.18. The van der Waals surface area contributed by atoms with E-state index >= 15 is 0 Å². The molecule has 3 N–H and O–H groups in total. The second kappa shape index (κ2) is 5.64. The van der Waals surface area contributed by atoms with E-state index in [1.165, 1.54) is 11.1 Å². The molecule has 5 heteroatoms. The van der Waals surface area contributed by atoms with Gasteiger partial charge in [-0.15, -0.1) is 5.10 Å². The average Bonchev–Trinajstić information content (AvgIpc) is 2.86. The molecule has 0 fully saturated rings. The van der Waals surface area contributed by atoms with Crippen molar-refractivity contribution in [2.45, 2.75) is 32.9 Å². The van der Waals surface area contributed by atoms with Gasteiger partial charge < -0.3 is 15.5 Å². The van der Waals surface area contributed by atoms with Crippen LogP contribution in [-0.4, -0.2) is 10.2 Å². The maximum absolute atomic E-state index is 5.41. The van der Waals surface area contributed by atoms with Gasteiger partial charge >= 0.3 is 6.01 Å². The molecule has 18 heavy (non-hydrogen) atoms. The molecule has 0 bridgehead atoms. The molecule has 2 rings (SSSR count). The number of nitrogens with two attached hydrogens (primary N) is 1. The van der Waals surface area contributed by atoms with Crippen LogP contribution in [0.3, 0.4) is 0 Å². The fraction of sp³-hybridized carbons (Fsp3) is 0.385. The molecule has 0 radical (unpaired) electrons. The van der Waals surface area contributed by atoms with Crippen molar-refractivity contribution in [2.24, 2.45) is 5.73 Å². The summed E-state index contributed by atoms with van der Waals surface area (Å²) in [6.45, 7) is 4.45. The van der Waals surface area contributed by atoms with E-state index in [-0.39, 0.29) is 12.6 Å². The minimum atomic E-state index is 0.113. The Labute approximate surface area is 106 Å². The largest absolute Gasteiger partial charge is 0.407 e. The summed E-state index contributed by atoms with van der Waals surface area (Å²) in [5.74, 6) is 0.436. The summed E-state index contributed by atoms with van der Waals surface area (Å²) in [6, 6.07) is 9.00. The SMILES string of the molecule is CCc1ccc(C(C)Nc2nnc(CN)o2)cc1. The van der Waals surface area contributed by atoms with Crippen LogP contribution in [-0.2, 0) is 13.0 Å². The lowest BCUT2D eigenvalue weighted by molar-refractivity contribution is 0.503. The summed E-state index contributed by atoms with van der Waals surface area (Å²) in [7, 11) is 0. The molecule has 1 unspecified atom stereocenters. The maximum Gasteiger partial charge on any atom is 0.315 e. The van der Waals surface area contributed by atoms with Crippen molar-refractivity contribution in [1.82, 2.24) is 10.2 Å². The standard InChI is InChI=1S/C13H18N4O/c1-3-10-4-6-11(7-5-10)9(2)15-13-17-16-12(8-14)18-13/h4-7,9H,3,8,14H2,1-2H3,(H,15,17). The third-order valence-electron chi connectivity index (χ3n) is 2.87. The lowest BCUT2D eigenvalue weighted by Gasteiger charge is -2.12. The fourth-order valence-electron chi connectivity index (χ4n) is 1.70. The normalized spacial score (nSPS) is 12.4. The summed E-state index contributed by atoms with van der Waals surface area (Å²) < 4.78 is 5.31. The van der Waals surface area contributed by atoms with Crippen LogP contribution in [0.5, 0.6) is 0 Å². The summed E-state index contributed by atoms with van der Waals surface area (Å²) in [5.41, 5.74) is 7.92. The number of nitrogens with zero attached hydrogens (tertiary/aromatic N) is 2. The number of hydrogen-bond acceptors (Lipinski definition) is 5. The zero-order valence-electron chi connectivity index (χ0n) is 10.7. The quantitative estimate of drug-likeness (QED) is 0.846. The molecule has 1 atom stereocenters. The van der Waals surface area contributed by atoms with Crippen molar-refractivity contribution in [3.8, 4) is 0 Å². The minimum absolute atomic E-state index is 0.113. The van der Waals surface area contributed by atoms with E-state index in [9.17, 15) is 0 Å². The van der Waals surface area contributed by atoms with Gasteiger partial charge in [-0.2, -0.15) is 0 Å². The van der Waals surface area contributed by atoms with Gasteiger partial charge in [-0.05, 0) is 24.5 Å². The van der Waals surface area contributed by atoms with E-state index in [0.717, 1.165) is 6.42 Å². The molecule has 0 aliphatic carbocycles. The van der Waals surface area contributed by atoms with Gasteiger partial charge in [0.2, 0.25) is 5.89 Å². The summed E-state index contributed by atoms with van der Waals surface area (Å²) in [4.78, 5) is 0. The molecule has 2 aromatic rings. The van der Waals surface area contributed by atoms with Gasteiger partial charge in [0, 0.05) is 0 Å². The van der Waals surface area contributed by atoms with Crippen molar-refractivity contribution in [3.05, 3.63) is 41.3 Å². The molecule has 1 aromatic carbocycles. The number of anilines is 1. The highest BCUT2D eigenvalue weighted by atomic mass is 16.4. The van der Waals surface area contributed by atoms with Crippen LogP contribution >= 0.6 is 0 Å². The van der Waals surface area contributed by atoms with Crippen molar-refractivity contribution in [2.75, 3.05) is 5.32 Å². The highest BCUT2D eigenvalue weighted by molar-refractivity contribution is 5.30. The van der Waals surface area contributed by atoms with Crippen molar-refractivity contribution in [1.29, 1.82) is 0 Å². The lowest BCUT2D eigenvalue weighted by atomic mass is 10.1. The lowest BCUT2D eigenvalue weighted by Crippen LogP contribution is -2.06. The first kappa shape index (κ1) is 12.6. The van der Waals surface area contributed by atoms with Gasteiger partial charge in [0.15, 0.2) is 0 Å². The van der Waals surface area contributed by atoms with Crippen molar-refractivity contribution < 1.29 is 4.42 Å². The molecule has 0 saturated heterocycles. The Balaban J connectivity index is 2.03. The minimum Gasteiger partial charge on any atom is -0.407 e. The Morgan fingerprint density at radius 1 is 1.28 bits per heavy atom. The van der Waals surface area contributed by atoms with Crippen molar-refractivity contribution in [3.63, 3.8) is 0 Å². The molecular weight excluding hydrogens is 228 g/mol. The topological polar surface area (TPSA) is 77.0 Å². The van der Waals surface area contributed by atoms with Crippen LogP contribution in [0, 0.1) is 0 Å². The van der Waals surface area contributed by atoms with Crippen LogP contribution < -0.4 is 11.1 Å². The molecule has 0 amide bonds. The number of aromatic nitrogens is 2. The Kier molecular flexibility index (Phi) is 3.94. The Morgan fingerprint density at radius 2 is 2.00 bits per heavy atom. The summed E-state index contributed by atoms with van der Waals surface area (Å²) in [6.07, 6.45) is 1.05. The number of benzene rings is 1. The van der Waals surface area contributed by atoms with Gasteiger partial charge in [0.1, 0.15) is 0 Å². The zero-order valence-corrected chi connectivity index (χ0v) is 10.7. The first-order valence-electron chi connectivity index (χ1n) is 6.10. The first-order chi connectivity index (χ1) is 8.72. The smallest absolute Gasteiger partial charge is 0.315 e. The van der Waals surface area contributed by atoms with Gasteiger partial charge in [-0.1, -0.05) is 36.3 Å². The summed E-state index contributed by atoms with van der Waals surface area (Å²) >= 11 is 0. The van der Waals surface area contributed by atoms with Gasteiger partial charge in [-0.3, -0.25) is 0 Å². The van der Waals surface area contributed by atoms with E-state index < -0.39 is 0 Å². The predicted octanol–water partition coefficient (Wildman–Crippen LogP) is 2.26. The predicted molar refractivity (Wildman–Crippen MR) is 70.0 cm³/mol. The molecule has 96 valence electrons. The molecule has 1 heterocycles. The fourth-order valence-corrected chi connectivity index (χ4v) is 1.70. The monoisotopic (exact) mass is 246 g/mol. The number of nitrogens with one attached hydrogen (secondary N) is 1. The second-order valence-corrected chi connectivity index (χ2v) is 4.17. The molecule has 0 aliphatic rings. The van der Waals surface area contributed by atoms with Crippen molar-refractivity contribution >= 4 is 6.01 Å². The van der Waals surface area contributed by atoms with Crippen LogP contribution in [0.2, 0.25) is 0 Å². The van der Waals surface area contributed by atoms with E-state index in [4.69, 9.17) is 10.2 Å². The van der Waals surface area contributed by atoms with E-state index in [0.29, 0.717) is 11.9 Å². The number of rotatable bonds is 5. The van der Waals surface area contributed by atoms with Crippen LogP contribution in [0.4, 0.5) is 6.01 Å². The number of hydrogen-bond donors (Lipinski definition) is 2. The third kappa shape index (κ3) is 2.87. The van der Waals surface area contributed by atoms with E-state index in [1.54, 1.807) is 0 Å². The summed E-state index contributed by atoms with van der Waals surface area (Å²) in [5, 5.41) is 10.8. The molecule has 1 aromatic heterocycles. The average molecular weight is 246 g/mol. The number of aryl methyl sites for hydroxylation is 1. The first-order valence-corrected chi connectivity index (χ1v) is 6.10. The Morgan fingerprint density at radius 3 is 2.56 bits per heavy atom. The second-order valence-electron chi connectivity index (χ2n) is 4.17. The van der Waals surface area contributed by atoms with Gasteiger partial charge in [-0.25, -0.2) is 0 Å². The highest BCUT2D eigenvalue weighted by Gasteiger charge is 2.09. The van der Waals surface area contributed by atoms with E-state index in [1.807, 2.05) is 6.92 Å². The Hall–Kier alpha value is -1.88. The molecule has 0 saturated carbocycles.